The number of nitrogens with one attached hydrogen (secondary N) is 1. The Morgan fingerprint density at radius 2 is 2.20 bits per heavy atom. The zero-order chi connectivity index (χ0) is 11.3. The Bertz CT molecular complexity index is 341. The Morgan fingerprint density at radius 1 is 1.53 bits per heavy atom. The first-order valence-electron chi connectivity index (χ1n) is 4.74. The van der Waals surface area contributed by atoms with E-state index in [9.17, 15) is 10.1 Å². The molecule has 0 spiro atoms. The molecule has 0 bridgehead atoms. The Kier molecular flexibility index (Phi) is 4.20. The van der Waals surface area contributed by atoms with Gasteiger partial charge in [0.2, 0.25) is 0 Å². The highest BCUT2D eigenvalue weighted by Gasteiger charge is 2.16. The summed E-state index contributed by atoms with van der Waals surface area (Å²) >= 11 is 0. The van der Waals surface area contributed by atoms with Crippen LogP contribution < -0.4 is 5.32 Å². The van der Waals surface area contributed by atoms with Crippen molar-refractivity contribution in [1.82, 2.24) is 5.32 Å². The number of rotatable bonds is 5. The molecule has 0 heterocycles. The first-order valence-corrected chi connectivity index (χ1v) is 4.74. The van der Waals surface area contributed by atoms with Crippen molar-refractivity contribution in [3.05, 3.63) is 39.9 Å². The molecule has 82 valence electrons. The van der Waals surface area contributed by atoms with Crippen LogP contribution in [-0.4, -0.2) is 23.2 Å². The van der Waals surface area contributed by atoms with Crippen molar-refractivity contribution >= 4 is 5.69 Å². The van der Waals surface area contributed by atoms with Crippen molar-refractivity contribution in [2.75, 3.05) is 13.2 Å². The molecule has 0 aliphatic carbocycles. The maximum absolute atomic E-state index is 10.7. The molecule has 1 atom stereocenters. The minimum Gasteiger partial charge on any atom is -0.395 e. The number of para-hydroxylation sites is 1. The van der Waals surface area contributed by atoms with E-state index in [0.29, 0.717) is 12.1 Å². The zero-order valence-corrected chi connectivity index (χ0v) is 8.51. The van der Waals surface area contributed by atoms with Crippen LogP contribution in [0.25, 0.3) is 0 Å². The second-order valence-electron chi connectivity index (χ2n) is 3.22. The third-order valence-electron chi connectivity index (χ3n) is 2.16. The molecule has 15 heavy (non-hydrogen) atoms. The molecule has 0 aromatic heterocycles. The fraction of sp³-hybridized carbons (Fsp3) is 0.400. The smallest absolute Gasteiger partial charge is 0.274 e. The molecule has 0 fully saturated rings. The summed E-state index contributed by atoms with van der Waals surface area (Å²) < 4.78 is 0. The predicted octanol–water partition coefficient (Wildman–Crippen LogP) is 1.24. The van der Waals surface area contributed by atoms with Gasteiger partial charge < -0.3 is 10.4 Å². The van der Waals surface area contributed by atoms with Crippen LogP contribution in [0.5, 0.6) is 0 Å². The topological polar surface area (TPSA) is 75.4 Å². The molecular weight excluding hydrogens is 196 g/mol. The van der Waals surface area contributed by atoms with Crippen LogP contribution in [0, 0.1) is 10.1 Å². The van der Waals surface area contributed by atoms with E-state index in [2.05, 4.69) is 5.32 Å². The second kappa shape index (κ2) is 5.43. The van der Waals surface area contributed by atoms with Crippen LogP contribution in [0.15, 0.2) is 24.3 Å². The Labute approximate surface area is 87.9 Å². The summed E-state index contributed by atoms with van der Waals surface area (Å²) in [5, 5.41) is 22.4. The monoisotopic (exact) mass is 210 g/mol. The third-order valence-corrected chi connectivity index (χ3v) is 2.16. The fourth-order valence-electron chi connectivity index (χ4n) is 1.41. The van der Waals surface area contributed by atoms with Gasteiger partial charge in [0.15, 0.2) is 0 Å². The minimum atomic E-state index is -0.396. The van der Waals surface area contributed by atoms with Crippen LogP contribution in [0.4, 0.5) is 5.69 Å². The van der Waals surface area contributed by atoms with Crippen LogP contribution >= 0.6 is 0 Å². The molecule has 0 saturated heterocycles. The Morgan fingerprint density at radius 3 is 2.80 bits per heavy atom. The normalized spacial score (nSPS) is 12.4. The van der Waals surface area contributed by atoms with Gasteiger partial charge in [0.1, 0.15) is 0 Å². The maximum atomic E-state index is 10.7. The van der Waals surface area contributed by atoms with Gasteiger partial charge in [0, 0.05) is 24.2 Å². The highest BCUT2D eigenvalue weighted by atomic mass is 16.6. The highest BCUT2D eigenvalue weighted by Crippen LogP contribution is 2.23. The van der Waals surface area contributed by atoms with Crippen molar-refractivity contribution in [2.45, 2.75) is 13.0 Å². The quantitative estimate of drug-likeness (QED) is 0.566. The number of nitro benzene ring substituents is 1. The molecule has 0 aliphatic rings. The average Bonchev–Trinajstić information content (AvgIpc) is 2.25. The summed E-state index contributed by atoms with van der Waals surface area (Å²) in [6, 6.07) is 6.46. The van der Waals surface area contributed by atoms with Crippen molar-refractivity contribution in [3.8, 4) is 0 Å². The maximum Gasteiger partial charge on any atom is 0.274 e. The molecule has 1 aromatic rings. The van der Waals surface area contributed by atoms with Crippen LogP contribution in [0.2, 0.25) is 0 Å². The SMILES string of the molecule is C[C@@H](NCCO)c1ccccc1[N+](=O)[O-]. The summed E-state index contributed by atoms with van der Waals surface area (Å²) in [4.78, 5) is 10.3. The number of benzene rings is 1. The van der Waals surface area contributed by atoms with E-state index >= 15 is 0 Å². The number of hydrogen-bond donors (Lipinski definition) is 2. The van der Waals surface area contributed by atoms with Gasteiger partial charge in [-0.15, -0.1) is 0 Å². The van der Waals surface area contributed by atoms with Gasteiger partial charge >= 0.3 is 0 Å². The molecule has 2 N–H and O–H groups in total. The van der Waals surface area contributed by atoms with Gasteiger partial charge in [0.25, 0.3) is 5.69 Å². The lowest BCUT2D eigenvalue weighted by molar-refractivity contribution is -0.385. The van der Waals surface area contributed by atoms with E-state index in [1.807, 2.05) is 6.92 Å². The van der Waals surface area contributed by atoms with Crippen molar-refractivity contribution in [2.24, 2.45) is 0 Å². The van der Waals surface area contributed by atoms with Crippen molar-refractivity contribution in [1.29, 1.82) is 0 Å². The first-order chi connectivity index (χ1) is 7.16. The van der Waals surface area contributed by atoms with E-state index < -0.39 is 4.92 Å². The molecule has 0 unspecified atom stereocenters. The Hall–Kier alpha value is -1.46. The van der Waals surface area contributed by atoms with Gasteiger partial charge in [-0.1, -0.05) is 18.2 Å². The highest BCUT2D eigenvalue weighted by molar-refractivity contribution is 5.41. The number of nitrogens with zero attached hydrogens (tertiary/aromatic N) is 1. The van der Waals surface area contributed by atoms with E-state index in [1.54, 1.807) is 18.2 Å². The summed E-state index contributed by atoms with van der Waals surface area (Å²) in [7, 11) is 0. The summed E-state index contributed by atoms with van der Waals surface area (Å²) in [6.45, 7) is 2.27. The van der Waals surface area contributed by atoms with E-state index in [1.165, 1.54) is 6.07 Å². The third kappa shape index (κ3) is 3.00. The van der Waals surface area contributed by atoms with Crippen molar-refractivity contribution in [3.63, 3.8) is 0 Å². The molecular formula is C10H14N2O3. The van der Waals surface area contributed by atoms with Gasteiger partial charge in [-0.2, -0.15) is 0 Å². The van der Waals surface area contributed by atoms with E-state index in [4.69, 9.17) is 5.11 Å². The lowest BCUT2D eigenvalue weighted by Gasteiger charge is -2.13. The minimum absolute atomic E-state index is 0.0188. The van der Waals surface area contributed by atoms with Gasteiger partial charge in [0.05, 0.1) is 11.5 Å². The standard InChI is InChI=1S/C10H14N2O3/c1-8(11-6-7-13)9-4-2-3-5-10(9)12(14)15/h2-5,8,11,13H,6-7H2,1H3/t8-/m1/s1. The van der Waals surface area contributed by atoms with Gasteiger partial charge in [-0.05, 0) is 6.92 Å². The van der Waals surface area contributed by atoms with E-state index in [0.717, 1.165) is 0 Å². The number of aliphatic hydroxyl groups is 1. The van der Waals surface area contributed by atoms with Crippen molar-refractivity contribution < 1.29 is 10.0 Å². The lowest BCUT2D eigenvalue weighted by Crippen LogP contribution is -2.22. The summed E-state index contributed by atoms with van der Waals surface area (Å²) in [6.07, 6.45) is 0. The molecule has 0 amide bonds. The van der Waals surface area contributed by atoms with Gasteiger partial charge in [-0.25, -0.2) is 0 Å². The lowest BCUT2D eigenvalue weighted by atomic mass is 10.1. The Balaban J connectivity index is 2.87. The van der Waals surface area contributed by atoms with Crippen LogP contribution in [0.1, 0.15) is 18.5 Å². The molecule has 0 radical (unpaired) electrons. The number of hydrogen-bond acceptors (Lipinski definition) is 4. The van der Waals surface area contributed by atoms with Crippen LogP contribution in [-0.2, 0) is 0 Å². The number of aliphatic hydroxyl groups excluding tert-OH is 1. The molecule has 5 heteroatoms. The number of nitro groups is 1. The zero-order valence-electron chi connectivity index (χ0n) is 8.51. The second-order valence-corrected chi connectivity index (χ2v) is 3.22. The summed E-state index contributed by atoms with van der Waals surface area (Å²) in [5.74, 6) is 0. The molecule has 0 saturated carbocycles. The first kappa shape index (κ1) is 11.6. The molecule has 1 rings (SSSR count). The van der Waals surface area contributed by atoms with E-state index in [-0.39, 0.29) is 18.3 Å². The predicted molar refractivity (Wildman–Crippen MR) is 56.6 cm³/mol. The summed E-state index contributed by atoms with van der Waals surface area (Å²) in [5.41, 5.74) is 0.742. The fourth-order valence-corrected chi connectivity index (χ4v) is 1.41. The molecule has 5 nitrogen and oxygen atoms in total. The average molecular weight is 210 g/mol. The molecule has 0 aliphatic heterocycles. The van der Waals surface area contributed by atoms with Crippen LogP contribution in [0.3, 0.4) is 0 Å². The van der Waals surface area contributed by atoms with Gasteiger partial charge in [-0.3, -0.25) is 10.1 Å². The molecule has 1 aromatic carbocycles. The largest absolute Gasteiger partial charge is 0.395 e.